The first kappa shape index (κ1) is 18.9. The summed E-state index contributed by atoms with van der Waals surface area (Å²) in [6, 6.07) is 6.73. The highest BCUT2D eigenvalue weighted by molar-refractivity contribution is 5.88. The average Bonchev–Trinajstić information content (AvgIpc) is 3.02. The molecule has 1 amide bonds. The molecule has 0 spiro atoms. The van der Waals surface area contributed by atoms with Gasteiger partial charge in [0.2, 0.25) is 0 Å². The van der Waals surface area contributed by atoms with Crippen molar-refractivity contribution in [3.63, 3.8) is 0 Å². The van der Waals surface area contributed by atoms with E-state index in [0.717, 1.165) is 36.5 Å². The Labute approximate surface area is 158 Å². The molecule has 2 heterocycles. The molecule has 27 heavy (non-hydrogen) atoms. The molecule has 1 aromatic heterocycles. The Bertz CT molecular complexity index is 834. The Morgan fingerprint density at radius 3 is 2.63 bits per heavy atom. The lowest BCUT2D eigenvalue weighted by atomic mass is 9.98. The second kappa shape index (κ2) is 7.42. The maximum atomic E-state index is 11.8. The monoisotopic (exact) mass is 371 g/mol. The van der Waals surface area contributed by atoms with Crippen molar-refractivity contribution in [2.75, 3.05) is 6.54 Å². The van der Waals surface area contributed by atoms with Gasteiger partial charge in [-0.1, -0.05) is 12.1 Å². The lowest BCUT2D eigenvalue weighted by Crippen LogP contribution is -2.37. The number of hydrogen-bond donors (Lipinski definition) is 2. The van der Waals surface area contributed by atoms with Crippen LogP contribution in [0.1, 0.15) is 43.4 Å². The van der Waals surface area contributed by atoms with Gasteiger partial charge in [0.05, 0.1) is 11.3 Å². The normalized spacial score (nSPS) is 16.5. The summed E-state index contributed by atoms with van der Waals surface area (Å²) < 4.78 is 7.40. The Hall–Kier alpha value is -2.83. The van der Waals surface area contributed by atoms with Crippen LogP contribution in [0.2, 0.25) is 0 Å². The number of ether oxygens (including phenoxy) is 1. The molecule has 1 atom stereocenters. The van der Waals surface area contributed by atoms with E-state index < -0.39 is 17.7 Å². The molecule has 1 aliphatic heterocycles. The first-order chi connectivity index (χ1) is 12.7. The largest absolute Gasteiger partial charge is 0.478 e. The summed E-state index contributed by atoms with van der Waals surface area (Å²) in [6.07, 6.45) is 3.35. The van der Waals surface area contributed by atoms with Gasteiger partial charge in [-0.25, -0.2) is 14.6 Å². The quantitative estimate of drug-likeness (QED) is 0.860. The van der Waals surface area contributed by atoms with Crippen molar-refractivity contribution in [1.29, 1.82) is 0 Å². The van der Waals surface area contributed by atoms with Crippen LogP contribution in [0.3, 0.4) is 0 Å². The van der Waals surface area contributed by atoms with E-state index in [1.807, 2.05) is 27.0 Å². The van der Waals surface area contributed by atoms with E-state index in [1.54, 1.807) is 24.3 Å². The van der Waals surface area contributed by atoms with E-state index >= 15 is 0 Å². The number of rotatable bonds is 4. The van der Waals surface area contributed by atoms with E-state index in [2.05, 4.69) is 9.88 Å². The minimum absolute atomic E-state index is 0.260. The number of carboxylic acid groups (broad SMARTS) is 1. The molecule has 7 heteroatoms. The molecule has 3 rings (SSSR count). The molecule has 2 N–H and O–H groups in total. The number of nitrogens with one attached hydrogen (secondary N) is 1. The SMILES string of the molecule is CC(C)(C)OC(=O)NCC1CCn2cc(-c3ccc(C(=O)O)cc3)nc2C1. The van der Waals surface area contributed by atoms with E-state index in [-0.39, 0.29) is 5.56 Å². The predicted molar refractivity (Wildman–Crippen MR) is 101 cm³/mol. The molecular formula is C20H25N3O4. The van der Waals surface area contributed by atoms with Gasteiger partial charge in [-0.3, -0.25) is 0 Å². The van der Waals surface area contributed by atoms with Crippen LogP contribution in [0.15, 0.2) is 30.5 Å². The number of carboxylic acids is 1. The first-order valence-corrected chi connectivity index (χ1v) is 9.08. The fourth-order valence-corrected chi connectivity index (χ4v) is 3.13. The molecule has 2 aromatic rings. The van der Waals surface area contributed by atoms with Crippen LogP contribution in [0.5, 0.6) is 0 Å². The van der Waals surface area contributed by atoms with Crippen molar-refractivity contribution in [1.82, 2.24) is 14.9 Å². The Balaban J connectivity index is 1.62. The molecular weight excluding hydrogens is 346 g/mol. The van der Waals surface area contributed by atoms with Gasteiger partial charge in [0.15, 0.2) is 0 Å². The van der Waals surface area contributed by atoms with Crippen LogP contribution >= 0.6 is 0 Å². The van der Waals surface area contributed by atoms with Crippen molar-refractivity contribution < 1.29 is 19.4 Å². The molecule has 1 unspecified atom stereocenters. The maximum absolute atomic E-state index is 11.8. The Kier molecular flexibility index (Phi) is 5.21. The summed E-state index contributed by atoms with van der Waals surface area (Å²) in [5.41, 5.74) is 1.49. The van der Waals surface area contributed by atoms with Gasteiger partial charge in [0.1, 0.15) is 11.4 Å². The minimum atomic E-state index is -0.939. The van der Waals surface area contributed by atoms with Crippen LogP contribution in [-0.2, 0) is 17.7 Å². The number of fused-ring (bicyclic) bond motifs is 1. The van der Waals surface area contributed by atoms with Crippen LogP contribution < -0.4 is 5.32 Å². The molecule has 144 valence electrons. The van der Waals surface area contributed by atoms with Gasteiger partial charge in [-0.05, 0) is 45.2 Å². The minimum Gasteiger partial charge on any atom is -0.478 e. The molecule has 0 aliphatic carbocycles. The molecule has 0 saturated carbocycles. The van der Waals surface area contributed by atoms with Crippen LogP contribution in [0, 0.1) is 5.92 Å². The van der Waals surface area contributed by atoms with Crippen molar-refractivity contribution in [3.05, 3.63) is 41.9 Å². The van der Waals surface area contributed by atoms with Gasteiger partial charge in [0, 0.05) is 31.3 Å². The van der Waals surface area contributed by atoms with Crippen LogP contribution in [0.4, 0.5) is 4.79 Å². The second-order valence-electron chi connectivity index (χ2n) is 7.86. The number of aryl methyl sites for hydroxylation is 1. The summed E-state index contributed by atoms with van der Waals surface area (Å²) in [7, 11) is 0. The summed E-state index contributed by atoms with van der Waals surface area (Å²) in [4.78, 5) is 27.5. The molecule has 1 aromatic carbocycles. The molecule has 0 saturated heterocycles. The highest BCUT2D eigenvalue weighted by Gasteiger charge is 2.23. The van der Waals surface area contributed by atoms with Gasteiger partial charge in [-0.2, -0.15) is 0 Å². The topological polar surface area (TPSA) is 93.5 Å². The van der Waals surface area contributed by atoms with E-state index in [4.69, 9.17) is 14.8 Å². The number of nitrogens with zero attached hydrogens (tertiary/aromatic N) is 2. The lowest BCUT2D eigenvalue weighted by molar-refractivity contribution is 0.0516. The third kappa shape index (κ3) is 4.87. The average molecular weight is 371 g/mol. The number of benzene rings is 1. The Morgan fingerprint density at radius 2 is 2.00 bits per heavy atom. The zero-order valence-electron chi connectivity index (χ0n) is 15.9. The van der Waals surface area contributed by atoms with Gasteiger partial charge < -0.3 is 19.7 Å². The summed E-state index contributed by atoms with van der Waals surface area (Å²) in [5.74, 6) is 0.357. The van der Waals surface area contributed by atoms with E-state index in [9.17, 15) is 9.59 Å². The summed E-state index contributed by atoms with van der Waals surface area (Å²) in [6.45, 7) is 6.93. The number of carbonyl (C=O) groups excluding carboxylic acids is 1. The second-order valence-corrected chi connectivity index (χ2v) is 7.86. The van der Waals surface area contributed by atoms with E-state index in [1.165, 1.54) is 0 Å². The Morgan fingerprint density at radius 1 is 1.30 bits per heavy atom. The number of imidazole rings is 1. The number of aromatic carboxylic acids is 1. The van der Waals surface area contributed by atoms with E-state index in [0.29, 0.717) is 12.5 Å². The smallest absolute Gasteiger partial charge is 0.407 e. The fraction of sp³-hybridized carbons (Fsp3) is 0.450. The van der Waals surface area contributed by atoms with Crippen molar-refractivity contribution in [2.24, 2.45) is 5.92 Å². The number of amides is 1. The summed E-state index contributed by atoms with van der Waals surface area (Å²) >= 11 is 0. The first-order valence-electron chi connectivity index (χ1n) is 9.08. The predicted octanol–water partition coefficient (Wildman–Crippen LogP) is 3.34. The molecule has 0 bridgehead atoms. The number of aromatic nitrogens is 2. The molecule has 7 nitrogen and oxygen atoms in total. The fourth-order valence-electron chi connectivity index (χ4n) is 3.13. The highest BCUT2D eigenvalue weighted by atomic mass is 16.6. The number of hydrogen-bond acceptors (Lipinski definition) is 4. The summed E-state index contributed by atoms with van der Waals surface area (Å²) in [5, 5.41) is 11.8. The van der Waals surface area contributed by atoms with Crippen LogP contribution in [0.25, 0.3) is 11.3 Å². The molecule has 1 aliphatic rings. The molecule has 0 fully saturated rings. The van der Waals surface area contributed by atoms with Gasteiger partial charge in [-0.15, -0.1) is 0 Å². The standard InChI is InChI=1S/C20H25N3O4/c1-20(2,3)27-19(26)21-11-13-8-9-23-12-16(22-17(23)10-13)14-4-6-15(7-5-14)18(24)25/h4-7,12-13H,8-11H2,1-3H3,(H,21,26)(H,24,25). The maximum Gasteiger partial charge on any atom is 0.407 e. The zero-order valence-corrected chi connectivity index (χ0v) is 15.9. The van der Waals surface area contributed by atoms with Crippen molar-refractivity contribution in [2.45, 2.75) is 45.8 Å². The third-order valence-electron chi connectivity index (χ3n) is 4.47. The van der Waals surface area contributed by atoms with Gasteiger partial charge >= 0.3 is 12.1 Å². The van der Waals surface area contributed by atoms with Gasteiger partial charge in [0.25, 0.3) is 0 Å². The number of carbonyl (C=O) groups is 2. The highest BCUT2D eigenvalue weighted by Crippen LogP contribution is 2.25. The zero-order chi connectivity index (χ0) is 19.6. The lowest BCUT2D eigenvalue weighted by Gasteiger charge is -2.25. The third-order valence-corrected chi connectivity index (χ3v) is 4.47. The number of alkyl carbamates (subject to hydrolysis) is 1. The van der Waals surface area contributed by atoms with Crippen LogP contribution in [-0.4, -0.2) is 38.9 Å². The van der Waals surface area contributed by atoms with Crippen molar-refractivity contribution >= 4 is 12.1 Å². The molecule has 0 radical (unpaired) electrons. The van der Waals surface area contributed by atoms with Crippen molar-refractivity contribution in [3.8, 4) is 11.3 Å².